The minimum atomic E-state index is -0.273. The van der Waals surface area contributed by atoms with Gasteiger partial charge in [-0.1, -0.05) is 99.5 Å². The molecule has 0 amide bonds. The van der Waals surface area contributed by atoms with Crippen LogP contribution in [0.2, 0.25) is 0 Å². The van der Waals surface area contributed by atoms with Gasteiger partial charge in [0.15, 0.2) is 0 Å². The second-order valence-corrected chi connectivity index (χ2v) is 11.3. The molecule has 0 aliphatic rings. The van der Waals surface area contributed by atoms with E-state index in [1.807, 2.05) is 0 Å². The second-order valence-electron chi connectivity index (χ2n) is 7.80. The van der Waals surface area contributed by atoms with E-state index in [4.69, 9.17) is 0 Å². The van der Waals surface area contributed by atoms with E-state index in [2.05, 4.69) is 73.7 Å². The number of hydrogen-bond donors (Lipinski definition) is 0. The summed E-state index contributed by atoms with van der Waals surface area (Å²) in [6.07, 6.45) is 3.06. The predicted molar refractivity (Wildman–Crippen MR) is 158 cm³/mol. The van der Waals surface area contributed by atoms with Crippen LogP contribution >= 0.6 is 63.7 Å². The van der Waals surface area contributed by atoms with Gasteiger partial charge in [0.1, 0.15) is 11.6 Å². The number of nitrogens with zero attached hydrogens (tertiary/aromatic N) is 2. The Morgan fingerprint density at radius 2 is 0.923 bits per heavy atom. The average Bonchev–Trinajstić information content (AvgIpc) is 2.88. The summed E-state index contributed by atoms with van der Waals surface area (Å²) in [5.41, 5.74) is 2.78. The summed E-state index contributed by atoms with van der Waals surface area (Å²) in [5, 5.41) is 23.6. The van der Waals surface area contributed by atoms with Crippen LogP contribution in [0, 0.1) is 11.6 Å². The summed E-state index contributed by atoms with van der Waals surface area (Å²) < 4.78 is 28.0. The zero-order valence-corrected chi connectivity index (χ0v) is 29.5. The minimum Gasteiger partial charge on any atom is -0.871 e. The Morgan fingerprint density at radius 1 is 0.590 bits per heavy atom. The fourth-order valence-corrected chi connectivity index (χ4v) is 5.55. The molecule has 0 fully saturated rings. The zero-order valence-electron chi connectivity index (χ0n) is 20.2. The van der Waals surface area contributed by atoms with Crippen LogP contribution < -0.4 is 10.2 Å². The maximum Gasteiger partial charge on any atom is 2.00 e. The fourth-order valence-electron chi connectivity index (χ4n) is 3.03. The fraction of sp³-hybridized carbons (Fsp3) is 0.0714. The van der Waals surface area contributed by atoms with E-state index in [-0.39, 0.29) is 42.6 Å². The molecule has 0 atom stereocenters. The first kappa shape index (κ1) is 33.4. The van der Waals surface area contributed by atoms with Gasteiger partial charge in [0.05, 0.1) is 13.1 Å². The molecule has 0 N–H and O–H groups in total. The average molecular weight is 837 g/mol. The van der Waals surface area contributed by atoms with Crippen LogP contribution in [-0.2, 0) is 32.6 Å². The monoisotopic (exact) mass is 832 g/mol. The van der Waals surface area contributed by atoms with Crippen LogP contribution in [0.25, 0.3) is 0 Å². The van der Waals surface area contributed by atoms with Gasteiger partial charge >= 0.3 is 19.5 Å². The van der Waals surface area contributed by atoms with Crippen molar-refractivity contribution in [3.8, 4) is 11.5 Å². The molecule has 4 rings (SSSR count). The Labute approximate surface area is 271 Å². The van der Waals surface area contributed by atoms with Gasteiger partial charge in [0.25, 0.3) is 0 Å². The Balaban J connectivity index is 0.000000267. The van der Waals surface area contributed by atoms with Crippen molar-refractivity contribution in [1.29, 1.82) is 0 Å². The second kappa shape index (κ2) is 16.5. The van der Waals surface area contributed by atoms with Gasteiger partial charge in [0.2, 0.25) is 0 Å². The Kier molecular flexibility index (Phi) is 14.1. The van der Waals surface area contributed by atoms with E-state index in [9.17, 15) is 19.0 Å². The molecule has 0 aliphatic heterocycles. The number of aliphatic imine (C=N–C) groups is 2. The number of hydrogen-bond acceptors (Lipinski definition) is 4. The van der Waals surface area contributed by atoms with Gasteiger partial charge < -0.3 is 10.2 Å². The molecule has 0 aromatic heterocycles. The maximum absolute atomic E-state index is 12.7. The summed E-state index contributed by atoms with van der Waals surface area (Å²) >= 11 is 13.0. The normalized spacial score (nSPS) is 10.8. The van der Waals surface area contributed by atoms with Crippen molar-refractivity contribution >= 4 is 76.1 Å². The first-order valence-electron chi connectivity index (χ1n) is 10.9. The van der Waals surface area contributed by atoms with E-state index in [1.165, 1.54) is 36.7 Å². The van der Waals surface area contributed by atoms with Gasteiger partial charge in [-0.15, -0.1) is 0 Å². The Morgan fingerprint density at radius 3 is 1.26 bits per heavy atom. The molecule has 0 saturated carbocycles. The van der Waals surface area contributed by atoms with E-state index >= 15 is 0 Å². The van der Waals surface area contributed by atoms with Crippen molar-refractivity contribution < 1.29 is 38.5 Å². The molecule has 4 aromatic rings. The SMILES string of the molecule is [O-]c1c(Br)cc(Br)cc1C=NCc1ccc(F)cc1.[O-]c1c(Br)cc(Br)cc1C=NCc1ccc(F)cc1.[Zn+2]. The third-order valence-electron chi connectivity index (χ3n) is 4.91. The van der Waals surface area contributed by atoms with Crippen molar-refractivity contribution in [3.63, 3.8) is 0 Å². The third kappa shape index (κ3) is 11.0. The first-order valence-corrected chi connectivity index (χ1v) is 14.1. The van der Waals surface area contributed by atoms with Gasteiger partial charge in [-0.2, -0.15) is 0 Å². The predicted octanol–water partition coefficient (Wildman–Crippen LogP) is 8.08. The Hall–Kier alpha value is -1.78. The van der Waals surface area contributed by atoms with Crippen molar-refractivity contribution in [2.75, 3.05) is 0 Å². The van der Waals surface area contributed by atoms with Crippen LogP contribution in [-0.4, -0.2) is 12.4 Å². The Bertz CT molecular complexity index is 1340. The van der Waals surface area contributed by atoms with E-state index in [0.29, 0.717) is 33.2 Å². The smallest absolute Gasteiger partial charge is 0.871 e. The number of benzene rings is 4. The standard InChI is InChI=1S/2C14H10Br2FNO.Zn/c2*15-11-5-10(14(19)13(16)6-11)8-18-7-9-1-3-12(17)4-2-9;/h2*1-6,8,19H,7H2;/q;;+2/p-2. The summed E-state index contributed by atoms with van der Waals surface area (Å²) in [6, 6.07) is 19.0. The molecule has 0 heterocycles. The molecule has 0 unspecified atom stereocenters. The van der Waals surface area contributed by atoms with Gasteiger partial charge in [-0.3, -0.25) is 9.98 Å². The molecule has 11 heteroatoms. The summed E-state index contributed by atoms with van der Waals surface area (Å²) in [5.74, 6) is -0.756. The van der Waals surface area contributed by atoms with Crippen molar-refractivity contribution in [2.45, 2.75) is 13.1 Å². The molecule has 4 nitrogen and oxygen atoms in total. The van der Waals surface area contributed by atoms with Crippen LogP contribution in [0.1, 0.15) is 22.3 Å². The molecule has 0 bridgehead atoms. The molecule has 0 saturated heterocycles. The number of halogens is 6. The molecule has 0 spiro atoms. The van der Waals surface area contributed by atoms with Crippen molar-refractivity contribution in [3.05, 3.63) is 125 Å². The zero-order chi connectivity index (χ0) is 27.7. The van der Waals surface area contributed by atoms with Crippen molar-refractivity contribution in [1.82, 2.24) is 0 Å². The largest absolute Gasteiger partial charge is 2.00 e. The summed E-state index contributed by atoms with van der Waals surface area (Å²) in [7, 11) is 0. The molecule has 0 aliphatic carbocycles. The van der Waals surface area contributed by atoms with E-state index in [0.717, 1.165) is 20.1 Å². The quantitative estimate of drug-likeness (QED) is 0.146. The van der Waals surface area contributed by atoms with Crippen LogP contribution in [0.5, 0.6) is 11.5 Å². The molecule has 39 heavy (non-hydrogen) atoms. The first-order chi connectivity index (χ1) is 18.1. The minimum absolute atomic E-state index is 0. The van der Waals surface area contributed by atoms with Crippen LogP contribution in [0.4, 0.5) is 8.78 Å². The van der Waals surface area contributed by atoms with Gasteiger partial charge in [0, 0.05) is 30.3 Å². The van der Waals surface area contributed by atoms with Gasteiger partial charge in [-0.05, 0) is 70.8 Å². The summed E-state index contributed by atoms with van der Waals surface area (Å²) in [4.78, 5) is 8.39. The van der Waals surface area contributed by atoms with Crippen LogP contribution in [0.15, 0.2) is 101 Å². The van der Waals surface area contributed by atoms with Crippen LogP contribution in [0.3, 0.4) is 0 Å². The summed E-state index contributed by atoms with van der Waals surface area (Å²) in [6.45, 7) is 0.813. The van der Waals surface area contributed by atoms with Crippen molar-refractivity contribution in [2.24, 2.45) is 9.98 Å². The van der Waals surface area contributed by atoms with Gasteiger partial charge in [-0.25, -0.2) is 8.78 Å². The molecule has 0 radical (unpaired) electrons. The molecular formula is C28H18Br4F2N2O2Zn. The third-order valence-corrected chi connectivity index (χ3v) is 7.00. The van der Waals surface area contributed by atoms with E-state index < -0.39 is 0 Å². The number of rotatable bonds is 6. The maximum atomic E-state index is 12.7. The molecule has 196 valence electrons. The van der Waals surface area contributed by atoms with E-state index in [1.54, 1.807) is 48.5 Å². The molecular weight excluding hydrogens is 819 g/mol. The topological polar surface area (TPSA) is 70.8 Å². The molecule has 4 aromatic carbocycles.